The molecule has 0 aromatic rings. The van der Waals surface area contributed by atoms with Crippen molar-refractivity contribution in [1.29, 1.82) is 0 Å². The Balaban J connectivity index is 2.13. The summed E-state index contributed by atoms with van der Waals surface area (Å²) in [5.74, 6) is 0. The van der Waals surface area contributed by atoms with Gasteiger partial charge in [-0.05, 0) is 33.6 Å². The van der Waals surface area contributed by atoms with E-state index in [1.54, 1.807) is 0 Å². The van der Waals surface area contributed by atoms with Crippen molar-refractivity contribution in [2.75, 3.05) is 13.2 Å². The van der Waals surface area contributed by atoms with Crippen molar-refractivity contribution >= 4 is 0 Å². The molecule has 1 saturated carbocycles. The standard InChI is InChI=1S/C15H31NO2/c1-15(2,3)18-12-14(17)11-16-13-9-7-5-4-6-8-10-13/h13-14,16-17H,4-12H2,1-3H3/t14-/m1/s1. The van der Waals surface area contributed by atoms with Gasteiger partial charge >= 0.3 is 0 Å². The Bertz CT molecular complexity index is 205. The van der Waals surface area contributed by atoms with Crippen molar-refractivity contribution in [3.63, 3.8) is 0 Å². The summed E-state index contributed by atoms with van der Waals surface area (Å²) in [5.41, 5.74) is -0.165. The van der Waals surface area contributed by atoms with Crippen molar-refractivity contribution in [3.05, 3.63) is 0 Å². The van der Waals surface area contributed by atoms with Crippen LogP contribution >= 0.6 is 0 Å². The SMILES string of the molecule is CC(C)(C)OC[C@H](O)CNC1CCCCCCC1. The van der Waals surface area contributed by atoms with Crippen LogP contribution in [0.2, 0.25) is 0 Å². The highest BCUT2D eigenvalue weighted by Crippen LogP contribution is 2.17. The molecule has 0 radical (unpaired) electrons. The summed E-state index contributed by atoms with van der Waals surface area (Å²) in [6.45, 7) is 7.12. The van der Waals surface area contributed by atoms with Crippen LogP contribution in [0, 0.1) is 0 Å². The van der Waals surface area contributed by atoms with Crippen LogP contribution in [0.1, 0.15) is 65.7 Å². The molecule has 0 unspecified atom stereocenters. The second-order valence-electron chi connectivity index (χ2n) is 6.53. The van der Waals surface area contributed by atoms with Gasteiger partial charge in [-0.2, -0.15) is 0 Å². The molecule has 1 fully saturated rings. The van der Waals surface area contributed by atoms with Crippen molar-refractivity contribution in [2.24, 2.45) is 0 Å². The lowest BCUT2D eigenvalue weighted by atomic mass is 9.96. The number of aliphatic hydroxyl groups is 1. The molecule has 1 rings (SSSR count). The van der Waals surface area contributed by atoms with Gasteiger partial charge in [0.25, 0.3) is 0 Å². The largest absolute Gasteiger partial charge is 0.389 e. The molecule has 0 amide bonds. The van der Waals surface area contributed by atoms with Crippen LogP contribution in [-0.4, -0.2) is 36.0 Å². The van der Waals surface area contributed by atoms with Gasteiger partial charge in [0.05, 0.1) is 18.3 Å². The average Bonchev–Trinajstić information content (AvgIpc) is 2.24. The monoisotopic (exact) mass is 257 g/mol. The molecule has 3 nitrogen and oxygen atoms in total. The summed E-state index contributed by atoms with van der Waals surface area (Å²) >= 11 is 0. The first-order valence-electron chi connectivity index (χ1n) is 7.53. The van der Waals surface area contributed by atoms with Crippen LogP contribution in [0.25, 0.3) is 0 Å². The summed E-state index contributed by atoms with van der Waals surface area (Å²) in [6.07, 6.45) is 8.91. The van der Waals surface area contributed by atoms with Crippen molar-refractivity contribution in [3.8, 4) is 0 Å². The minimum atomic E-state index is -0.394. The fraction of sp³-hybridized carbons (Fsp3) is 1.00. The molecule has 2 N–H and O–H groups in total. The molecule has 18 heavy (non-hydrogen) atoms. The fourth-order valence-corrected chi connectivity index (χ4v) is 2.37. The van der Waals surface area contributed by atoms with Crippen LogP contribution < -0.4 is 5.32 Å². The molecule has 3 heteroatoms. The average molecular weight is 257 g/mol. The highest BCUT2D eigenvalue weighted by Gasteiger charge is 2.15. The summed E-state index contributed by atoms with van der Waals surface area (Å²) in [4.78, 5) is 0. The minimum Gasteiger partial charge on any atom is -0.389 e. The van der Waals surface area contributed by atoms with Gasteiger partial charge in [0.15, 0.2) is 0 Å². The van der Waals surface area contributed by atoms with E-state index in [2.05, 4.69) is 5.32 Å². The molecule has 0 aromatic heterocycles. The molecular weight excluding hydrogens is 226 g/mol. The van der Waals surface area contributed by atoms with Crippen LogP contribution in [0.4, 0.5) is 0 Å². The van der Waals surface area contributed by atoms with E-state index in [0.717, 1.165) is 0 Å². The Hall–Kier alpha value is -0.120. The van der Waals surface area contributed by atoms with Gasteiger partial charge in [-0.1, -0.05) is 32.1 Å². The van der Waals surface area contributed by atoms with Gasteiger partial charge in [-0.25, -0.2) is 0 Å². The lowest BCUT2D eigenvalue weighted by Crippen LogP contribution is -2.39. The topological polar surface area (TPSA) is 41.5 Å². The first-order valence-corrected chi connectivity index (χ1v) is 7.53. The number of rotatable bonds is 5. The molecule has 1 aliphatic rings. The Morgan fingerprint density at radius 2 is 1.67 bits per heavy atom. The molecule has 0 spiro atoms. The van der Waals surface area contributed by atoms with Gasteiger partial charge in [-0.15, -0.1) is 0 Å². The molecule has 0 bridgehead atoms. The predicted molar refractivity (Wildman–Crippen MR) is 75.8 cm³/mol. The molecule has 1 aliphatic carbocycles. The fourth-order valence-electron chi connectivity index (χ4n) is 2.37. The maximum atomic E-state index is 9.88. The number of aliphatic hydroxyl groups excluding tert-OH is 1. The number of ether oxygens (including phenoxy) is 1. The zero-order valence-corrected chi connectivity index (χ0v) is 12.4. The Morgan fingerprint density at radius 1 is 1.11 bits per heavy atom. The van der Waals surface area contributed by atoms with Crippen molar-refractivity contribution in [2.45, 2.75) is 83.5 Å². The molecule has 0 saturated heterocycles. The Labute approximate surface area is 112 Å². The first-order chi connectivity index (χ1) is 8.47. The van der Waals surface area contributed by atoms with Crippen LogP contribution in [0.15, 0.2) is 0 Å². The number of hydrogen-bond acceptors (Lipinski definition) is 3. The first kappa shape index (κ1) is 15.9. The molecular formula is C15H31NO2. The molecule has 0 heterocycles. The summed E-state index contributed by atoms with van der Waals surface area (Å²) in [6, 6.07) is 0.592. The van der Waals surface area contributed by atoms with Crippen LogP contribution in [0.5, 0.6) is 0 Å². The normalized spacial score (nSPS) is 21.3. The maximum Gasteiger partial charge on any atom is 0.0898 e. The molecule has 0 aromatic carbocycles. The summed E-state index contributed by atoms with van der Waals surface area (Å²) < 4.78 is 5.59. The van der Waals surface area contributed by atoms with Gasteiger partial charge in [0.2, 0.25) is 0 Å². The third kappa shape index (κ3) is 8.06. The lowest BCUT2D eigenvalue weighted by molar-refractivity contribution is -0.0484. The summed E-state index contributed by atoms with van der Waals surface area (Å²) in [5, 5.41) is 13.4. The van der Waals surface area contributed by atoms with E-state index in [0.29, 0.717) is 19.2 Å². The zero-order chi connectivity index (χ0) is 13.4. The third-order valence-corrected chi connectivity index (χ3v) is 3.46. The lowest BCUT2D eigenvalue weighted by Gasteiger charge is -2.25. The minimum absolute atomic E-state index is 0.165. The smallest absolute Gasteiger partial charge is 0.0898 e. The molecule has 108 valence electrons. The second kappa shape index (κ2) is 8.13. The zero-order valence-electron chi connectivity index (χ0n) is 12.4. The summed E-state index contributed by atoms with van der Waals surface area (Å²) in [7, 11) is 0. The number of nitrogens with one attached hydrogen (secondary N) is 1. The highest BCUT2D eigenvalue weighted by molar-refractivity contribution is 4.72. The quantitative estimate of drug-likeness (QED) is 0.796. The Morgan fingerprint density at radius 3 is 2.22 bits per heavy atom. The highest BCUT2D eigenvalue weighted by atomic mass is 16.5. The maximum absolute atomic E-state index is 9.88. The van der Waals surface area contributed by atoms with Crippen molar-refractivity contribution in [1.82, 2.24) is 5.32 Å². The number of hydrogen-bond donors (Lipinski definition) is 2. The van der Waals surface area contributed by atoms with E-state index < -0.39 is 6.10 Å². The van der Waals surface area contributed by atoms with Crippen LogP contribution in [-0.2, 0) is 4.74 Å². The van der Waals surface area contributed by atoms with E-state index in [1.807, 2.05) is 20.8 Å². The van der Waals surface area contributed by atoms with Crippen LogP contribution in [0.3, 0.4) is 0 Å². The molecule has 0 aliphatic heterocycles. The van der Waals surface area contributed by atoms with E-state index in [9.17, 15) is 5.11 Å². The van der Waals surface area contributed by atoms with Gasteiger partial charge in [0.1, 0.15) is 0 Å². The van der Waals surface area contributed by atoms with E-state index in [-0.39, 0.29) is 5.60 Å². The third-order valence-electron chi connectivity index (χ3n) is 3.46. The molecule has 1 atom stereocenters. The van der Waals surface area contributed by atoms with E-state index in [4.69, 9.17) is 4.74 Å². The van der Waals surface area contributed by atoms with Gasteiger partial charge < -0.3 is 15.2 Å². The van der Waals surface area contributed by atoms with Crippen molar-refractivity contribution < 1.29 is 9.84 Å². The van der Waals surface area contributed by atoms with E-state index in [1.165, 1.54) is 44.9 Å². The predicted octanol–water partition coefficient (Wildman–Crippen LogP) is 2.86. The van der Waals surface area contributed by atoms with Gasteiger partial charge in [-0.3, -0.25) is 0 Å². The second-order valence-corrected chi connectivity index (χ2v) is 6.53. The Kier molecular flexibility index (Phi) is 7.20. The van der Waals surface area contributed by atoms with Gasteiger partial charge in [0, 0.05) is 12.6 Å². The van der Waals surface area contributed by atoms with E-state index >= 15 is 0 Å².